The van der Waals surface area contributed by atoms with Gasteiger partial charge in [-0.2, -0.15) is 0 Å². The summed E-state index contributed by atoms with van der Waals surface area (Å²) in [6, 6.07) is 1.60. The summed E-state index contributed by atoms with van der Waals surface area (Å²) in [6.07, 6.45) is 11.7. The summed E-state index contributed by atoms with van der Waals surface area (Å²) in [5.41, 5.74) is 0. The predicted molar refractivity (Wildman–Crippen MR) is 67.7 cm³/mol. The summed E-state index contributed by atoms with van der Waals surface area (Å²) in [5, 5.41) is 3.84. The van der Waals surface area contributed by atoms with Crippen LogP contribution in [-0.4, -0.2) is 24.3 Å². The number of rotatable bonds is 4. The molecule has 0 aromatic rings. The van der Waals surface area contributed by atoms with Crippen LogP contribution in [0.2, 0.25) is 0 Å². The van der Waals surface area contributed by atoms with Crippen LogP contribution in [0, 0.1) is 0 Å². The zero-order valence-electron chi connectivity index (χ0n) is 10.9. The molecule has 2 heteroatoms. The third-order valence-electron chi connectivity index (χ3n) is 3.97. The summed E-state index contributed by atoms with van der Waals surface area (Å²) in [4.78, 5) is 0. The van der Waals surface area contributed by atoms with Crippen LogP contribution < -0.4 is 5.32 Å². The van der Waals surface area contributed by atoms with Crippen molar-refractivity contribution in [2.24, 2.45) is 0 Å². The Morgan fingerprint density at radius 2 is 1.44 bits per heavy atom. The van der Waals surface area contributed by atoms with E-state index in [1.54, 1.807) is 0 Å². The molecule has 16 heavy (non-hydrogen) atoms. The monoisotopic (exact) mass is 225 g/mol. The molecule has 0 aromatic heterocycles. The lowest BCUT2D eigenvalue weighted by atomic mass is 9.92. The molecular formula is C14H27NO. The van der Waals surface area contributed by atoms with Gasteiger partial charge in [-0.3, -0.25) is 0 Å². The third-order valence-corrected chi connectivity index (χ3v) is 3.97. The van der Waals surface area contributed by atoms with Gasteiger partial charge in [0.2, 0.25) is 0 Å². The molecule has 0 spiro atoms. The molecule has 0 saturated heterocycles. The van der Waals surface area contributed by atoms with E-state index in [0.717, 1.165) is 12.1 Å². The second-order valence-corrected chi connectivity index (χ2v) is 5.81. The Hall–Kier alpha value is -0.0800. The molecule has 2 rings (SSSR count). The third kappa shape index (κ3) is 3.74. The van der Waals surface area contributed by atoms with Crippen molar-refractivity contribution >= 4 is 0 Å². The van der Waals surface area contributed by atoms with Gasteiger partial charge in [0.25, 0.3) is 0 Å². The van der Waals surface area contributed by atoms with Crippen LogP contribution in [-0.2, 0) is 4.74 Å². The second kappa shape index (κ2) is 6.02. The molecule has 0 atom stereocenters. The van der Waals surface area contributed by atoms with Gasteiger partial charge in [-0.15, -0.1) is 0 Å². The van der Waals surface area contributed by atoms with Crippen LogP contribution in [0.15, 0.2) is 0 Å². The molecule has 2 fully saturated rings. The highest BCUT2D eigenvalue weighted by Crippen LogP contribution is 2.25. The van der Waals surface area contributed by atoms with Gasteiger partial charge in [0.05, 0.1) is 12.2 Å². The molecule has 94 valence electrons. The van der Waals surface area contributed by atoms with E-state index in [-0.39, 0.29) is 0 Å². The van der Waals surface area contributed by atoms with Crippen molar-refractivity contribution in [2.75, 3.05) is 0 Å². The van der Waals surface area contributed by atoms with E-state index in [2.05, 4.69) is 19.2 Å². The molecule has 2 aliphatic carbocycles. The van der Waals surface area contributed by atoms with Gasteiger partial charge in [0.15, 0.2) is 0 Å². The van der Waals surface area contributed by atoms with Crippen LogP contribution in [0.1, 0.15) is 65.2 Å². The lowest BCUT2D eigenvalue weighted by Crippen LogP contribution is -2.40. The minimum absolute atomic E-state index is 0.393. The van der Waals surface area contributed by atoms with Crippen molar-refractivity contribution in [1.29, 1.82) is 0 Å². The number of nitrogens with one attached hydrogen (secondary N) is 1. The predicted octanol–water partition coefficient (Wildman–Crippen LogP) is 3.25. The first-order chi connectivity index (χ1) is 7.74. The summed E-state index contributed by atoms with van der Waals surface area (Å²) in [5.74, 6) is 0. The molecule has 0 heterocycles. The van der Waals surface area contributed by atoms with Crippen LogP contribution in [0.5, 0.6) is 0 Å². The average Bonchev–Trinajstić information content (AvgIpc) is 2.73. The Balaban J connectivity index is 1.64. The van der Waals surface area contributed by atoms with Crippen molar-refractivity contribution in [3.05, 3.63) is 0 Å². The molecule has 0 bridgehead atoms. The number of hydrogen-bond acceptors (Lipinski definition) is 2. The summed E-state index contributed by atoms with van der Waals surface area (Å²) < 4.78 is 5.88. The van der Waals surface area contributed by atoms with E-state index in [4.69, 9.17) is 4.74 Å². The fourth-order valence-electron chi connectivity index (χ4n) is 3.18. The van der Waals surface area contributed by atoms with Gasteiger partial charge >= 0.3 is 0 Å². The van der Waals surface area contributed by atoms with Crippen molar-refractivity contribution < 1.29 is 4.74 Å². The first kappa shape index (κ1) is 12.4. The molecule has 0 aliphatic heterocycles. The SMILES string of the molecule is CC(C)OC1CCC(NC2CCCC2)CC1. The largest absolute Gasteiger partial charge is 0.376 e. The molecular weight excluding hydrogens is 198 g/mol. The lowest BCUT2D eigenvalue weighted by Gasteiger charge is -2.32. The van der Waals surface area contributed by atoms with Gasteiger partial charge in [-0.25, -0.2) is 0 Å². The van der Waals surface area contributed by atoms with Gasteiger partial charge in [0, 0.05) is 12.1 Å². The minimum Gasteiger partial charge on any atom is -0.376 e. The Labute approximate surface area is 100 Å². The molecule has 0 radical (unpaired) electrons. The Morgan fingerprint density at radius 3 is 2.00 bits per heavy atom. The zero-order valence-corrected chi connectivity index (χ0v) is 10.9. The van der Waals surface area contributed by atoms with Crippen molar-refractivity contribution in [3.8, 4) is 0 Å². The zero-order chi connectivity index (χ0) is 11.4. The molecule has 1 N–H and O–H groups in total. The molecule has 0 amide bonds. The number of ether oxygens (including phenoxy) is 1. The Morgan fingerprint density at radius 1 is 0.875 bits per heavy atom. The van der Waals surface area contributed by atoms with Crippen molar-refractivity contribution in [2.45, 2.75) is 89.5 Å². The summed E-state index contributed by atoms with van der Waals surface area (Å²) >= 11 is 0. The number of hydrogen-bond donors (Lipinski definition) is 1. The first-order valence-corrected chi connectivity index (χ1v) is 7.15. The van der Waals surface area contributed by atoms with Gasteiger partial charge in [0.1, 0.15) is 0 Å². The Bertz CT molecular complexity index is 191. The molecule has 2 aliphatic rings. The van der Waals surface area contributed by atoms with Gasteiger partial charge in [-0.1, -0.05) is 12.8 Å². The fourth-order valence-corrected chi connectivity index (χ4v) is 3.18. The molecule has 0 unspecified atom stereocenters. The maximum absolute atomic E-state index is 5.88. The summed E-state index contributed by atoms with van der Waals surface area (Å²) in [6.45, 7) is 4.28. The van der Waals surface area contributed by atoms with E-state index < -0.39 is 0 Å². The second-order valence-electron chi connectivity index (χ2n) is 5.81. The van der Waals surface area contributed by atoms with Crippen LogP contribution in [0.4, 0.5) is 0 Å². The fraction of sp³-hybridized carbons (Fsp3) is 1.00. The van der Waals surface area contributed by atoms with Crippen LogP contribution >= 0.6 is 0 Å². The molecule has 0 aromatic carbocycles. The quantitative estimate of drug-likeness (QED) is 0.793. The van der Waals surface area contributed by atoms with Gasteiger partial charge < -0.3 is 10.1 Å². The van der Waals surface area contributed by atoms with E-state index in [9.17, 15) is 0 Å². The van der Waals surface area contributed by atoms with Crippen molar-refractivity contribution in [1.82, 2.24) is 5.32 Å². The van der Waals surface area contributed by atoms with Crippen LogP contribution in [0.3, 0.4) is 0 Å². The first-order valence-electron chi connectivity index (χ1n) is 7.15. The topological polar surface area (TPSA) is 21.3 Å². The van der Waals surface area contributed by atoms with E-state index >= 15 is 0 Å². The Kier molecular flexibility index (Phi) is 4.66. The van der Waals surface area contributed by atoms with Crippen LogP contribution in [0.25, 0.3) is 0 Å². The van der Waals surface area contributed by atoms with E-state index in [1.165, 1.54) is 51.4 Å². The maximum atomic E-state index is 5.88. The van der Waals surface area contributed by atoms with E-state index in [1.807, 2.05) is 0 Å². The standard InChI is InChI=1S/C14H27NO/c1-11(2)16-14-9-7-13(8-10-14)15-12-5-3-4-6-12/h11-15H,3-10H2,1-2H3. The van der Waals surface area contributed by atoms with E-state index in [0.29, 0.717) is 12.2 Å². The highest BCUT2D eigenvalue weighted by molar-refractivity contribution is 4.83. The smallest absolute Gasteiger partial charge is 0.0579 e. The van der Waals surface area contributed by atoms with Crippen molar-refractivity contribution in [3.63, 3.8) is 0 Å². The lowest BCUT2D eigenvalue weighted by molar-refractivity contribution is -0.0167. The molecule has 2 saturated carbocycles. The normalized spacial score (nSPS) is 32.4. The highest BCUT2D eigenvalue weighted by Gasteiger charge is 2.25. The summed E-state index contributed by atoms with van der Waals surface area (Å²) in [7, 11) is 0. The maximum Gasteiger partial charge on any atom is 0.0579 e. The average molecular weight is 225 g/mol. The highest BCUT2D eigenvalue weighted by atomic mass is 16.5. The minimum atomic E-state index is 0.393. The molecule has 2 nitrogen and oxygen atoms in total. The van der Waals surface area contributed by atoms with Gasteiger partial charge in [-0.05, 0) is 52.4 Å².